The second-order valence-electron chi connectivity index (χ2n) is 17.3. The van der Waals surface area contributed by atoms with Crippen molar-refractivity contribution in [2.75, 3.05) is 0 Å². The molecule has 66 heavy (non-hydrogen) atoms. The molecule has 8 aromatic carbocycles. The number of hydrogen-bond acceptors (Lipinski definition) is 1. The quantitative estimate of drug-likeness (QED) is 0.140. The number of fused-ring (bicyclic) bond motifs is 13. The summed E-state index contributed by atoms with van der Waals surface area (Å²) in [6.07, 6.45) is 10.9. The number of hydrogen-bond donors (Lipinski definition) is 0. The maximum atomic E-state index is 5.70. The normalized spacial score (nSPS) is 12.3. The molecule has 0 saturated carbocycles. The minimum absolute atomic E-state index is 0.831. The molecule has 13 rings (SSSR count). The van der Waals surface area contributed by atoms with Gasteiger partial charge in [-0.05, 0) is 104 Å². The molecule has 5 aromatic heterocycles. The molecule has 5 nitrogen and oxygen atoms in total. The van der Waals surface area contributed by atoms with Crippen molar-refractivity contribution in [1.29, 1.82) is 0 Å². The molecule has 0 bridgehead atoms. The number of allylic oxidation sites excluding steroid dienone is 5. The van der Waals surface area contributed by atoms with Crippen molar-refractivity contribution in [1.82, 2.24) is 23.3 Å². The van der Waals surface area contributed by atoms with Crippen LogP contribution in [0.2, 0.25) is 0 Å². The number of rotatable bonds is 8. The Labute approximate surface area is 381 Å². The molecular weight excluding hydrogens is 803 g/mol. The lowest BCUT2D eigenvalue weighted by atomic mass is 10.0. The van der Waals surface area contributed by atoms with Gasteiger partial charge in [-0.3, -0.25) is 9.13 Å². The zero-order valence-corrected chi connectivity index (χ0v) is 36.4. The lowest BCUT2D eigenvalue weighted by Crippen LogP contribution is -2.04. The number of nitrogens with zero attached hydrogens (tertiary/aromatic N) is 5. The van der Waals surface area contributed by atoms with Crippen LogP contribution in [0.5, 0.6) is 0 Å². The lowest BCUT2D eigenvalue weighted by molar-refractivity contribution is 1.01. The Morgan fingerprint density at radius 3 is 1.62 bits per heavy atom. The number of pyridine rings is 1. The summed E-state index contributed by atoms with van der Waals surface area (Å²) in [5.41, 5.74) is 13.9. The average Bonchev–Trinajstić information content (AvgIpc) is 4.08. The SMILES string of the molecule is C=C/C=C\C=C/Cc1ccc2c(c1)c1ccc3c4cc(C)ccc4n(-c4cccc(-n5c6ccccc6c6cc7c(cc65)c5ccccc5n7-c5ccccc5)n4)c3c1n2-c1ccccc1. The summed E-state index contributed by atoms with van der Waals surface area (Å²) >= 11 is 0. The van der Waals surface area contributed by atoms with Gasteiger partial charge in [0, 0.05) is 54.5 Å². The molecule has 0 amide bonds. The Balaban J connectivity index is 1.09. The van der Waals surface area contributed by atoms with E-state index in [1.807, 2.05) is 12.2 Å². The van der Waals surface area contributed by atoms with Gasteiger partial charge in [-0.2, -0.15) is 0 Å². The van der Waals surface area contributed by atoms with Crippen LogP contribution in [0, 0.1) is 6.92 Å². The van der Waals surface area contributed by atoms with Crippen molar-refractivity contribution < 1.29 is 0 Å². The van der Waals surface area contributed by atoms with E-state index in [2.05, 4.69) is 232 Å². The van der Waals surface area contributed by atoms with E-state index < -0.39 is 0 Å². The van der Waals surface area contributed by atoms with Gasteiger partial charge in [0.1, 0.15) is 11.6 Å². The molecule has 0 aliphatic rings. The highest BCUT2D eigenvalue weighted by atomic mass is 15.1. The summed E-state index contributed by atoms with van der Waals surface area (Å²) in [5.74, 6) is 1.73. The van der Waals surface area contributed by atoms with E-state index in [1.54, 1.807) is 6.08 Å². The van der Waals surface area contributed by atoms with E-state index in [0.717, 1.165) is 57.0 Å². The fourth-order valence-electron chi connectivity index (χ4n) is 10.6. The summed E-state index contributed by atoms with van der Waals surface area (Å²) in [5, 5.41) is 9.64. The Bertz CT molecular complexity index is 4150. The Morgan fingerprint density at radius 2 is 0.924 bits per heavy atom. The van der Waals surface area contributed by atoms with Gasteiger partial charge < -0.3 is 9.13 Å². The largest absolute Gasteiger partial charge is 0.309 e. The topological polar surface area (TPSA) is 32.6 Å². The van der Waals surface area contributed by atoms with E-state index in [9.17, 15) is 0 Å². The first-order valence-corrected chi connectivity index (χ1v) is 22.6. The maximum absolute atomic E-state index is 5.70. The van der Waals surface area contributed by atoms with Crippen LogP contribution in [0.3, 0.4) is 0 Å². The Kier molecular flexibility index (Phi) is 8.58. The minimum atomic E-state index is 0.831. The lowest BCUT2D eigenvalue weighted by Gasteiger charge is -2.14. The van der Waals surface area contributed by atoms with Gasteiger partial charge in [-0.1, -0.05) is 146 Å². The van der Waals surface area contributed by atoms with Crippen molar-refractivity contribution in [2.45, 2.75) is 13.3 Å². The molecular formula is C61H43N5. The van der Waals surface area contributed by atoms with E-state index in [-0.39, 0.29) is 0 Å². The van der Waals surface area contributed by atoms with Crippen molar-refractivity contribution in [3.63, 3.8) is 0 Å². The molecule has 13 aromatic rings. The summed E-state index contributed by atoms with van der Waals surface area (Å²) in [4.78, 5) is 5.70. The first-order valence-electron chi connectivity index (χ1n) is 22.6. The molecule has 0 aliphatic carbocycles. The van der Waals surface area contributed by atoms with Gasteiger partial charge in [0.25, 0.3) is 0 Å². The van der Waals surface area contributed by atoms with Gasteiger partial charge in [-0.25, -0.2) is 4.98 Å². The third kappa shape index (κ3) is 5.70. The van der Waals surface area contributed by atoms with Crippen LogP contribution < -0.4 is 0 Å². The van der Waals surface area contributed by atoms with Crippen LogP contribution in [0.1, 0.15) is 11.1 Å². The zero-order chi connectivity index (χ0) is 43.9. The molecule has 0 N–H and O–H groups in total. The van der Waals surface area contributed by atoms with Crippen LogP contribution in [0.15, 0.2) is 225 Å². The van der Waals surface area contributed by atoms with E-state index in [1.165, 1.54) is 70.8 Å². The first kappa shape index (κ1) is 37.8. The Hall–Kier alpha value is -8.67. The van der Waals surface area contributed by atoms with Crippen LogP contribution in [-0.4, -0.2) is 23.3 Å². The van der Waals surface area contributed by atoms with E-state index >= 15 is 0 Å². The summed E-state index contributed by atoms with van der Waals surface area (Å²) in [6.45, 7) is 5.99. The molecule has 0 aliphatic heterocycles. The number of aryl methyl sites for hydroxylation is 1. The molecule has 0 fully saturated rings. The second kappa shape index (κ2) is 15.0. The highest BCUT2D eigenvalue weighted by molar-refractivity contribution is 6.24. The molecule has 0 saturated heterocycles. The summed E-state index contributed by atoms with van der Waals surface area (Å²) in [7, 11) is 0. The average molecular weight is 846 g/mol. The smallest absolute Gasteiger partial charge is 0.140 e. The zero-order valence-electron chi connectivity index (χ0n) is 36.4. The van der Waals surface area contributed by atoms with Crippen molar-refractivity contribution in [2.24, 2.45) is 0 Å². The standard InChI is InChI=1S/C61H43N5/c1-3-4-5-6-9-19-41-31-35-54-49(37-41)47-33-32-46-48-36-40(2)30-34-55(48)66(61(46)60(47)64(54)43-22-12-8-13-23-43)59-29-18-28-58(62-59)65-53-27-17-15-25-45(53)51-38-56-50(39-57(51)65)44-24-14-16-26-52(44)63(56)42-20-10-7-11-21-42/h3-18,20-39H,1,19H2,2H3/b5-4-,9-6-. The van der Waals surface area contributed by atoms with E-state index in [4.69, 9.17) is 4.98 Å². The second-order valence-corrected chi connectivity index (χ2v) is 17.3. The maximum Gasteiger partial charge on any atom is 0.140 e. The molecule has 0 unspecified atom stereocenters. The van der Waals surface area contributed by atoms with E-state index in [0.29, 0.717) is 0 Å². The van der Waals surface area contributed by atoms with Gasteiger partial charge in [0.05, 0.1) is 44.1 Å². The predicted octanol–water partition coefficient (Wildman–Crippen LogP) is 15.6. The van der Waals surface area contributed by atoms with Crippen molar-refractivity contribution >= 4 is 87.2 Å². The molecule has 312 valence electrons. The molecule has 5 heteroatoms. The van der Waals surface area contributed by atoms with Gasteiger partial charge in [0.15, 0.2) is 0 Å². The first-order chi connectivity index (χ1) is 32.6. The minimum Gasteiger partial charge on any atom is -0.309 e. The predicted molar refractivity (Wildman–Crippen MR) is 279 cm³/mol. The number of aromatic nitrogens is 5. The third-order valence-corrected chi connectivity index (χ3v) is 13.4. The van der Waals surface area contributed by atoms with Gasteiger partial charge in [0.2, 0.25) is 0 Å². The highest BCUT2D eigenvalue weighted by Crippen LogP contribution is 2.43. The van der Waals surface area contributed by atoms with Gasteiger partial charge in [-0.15, -0.1) is 0 Å². The fraction of sp³-hybridized carbons (Fsp3) is 0.0328. The Morgan fingerprint density at radius 1 is 0.394 bits per heavy atom. The van der Waals surface area contributed by atoms with Crippen molar-refractivity contribution in [3.05, 3.63) is 236 Å². The van der Waals surface area contributed by atoms with Crippen LogP contribution in [0.25, 0.3) is 110 Å². The fourth-order valence-corrected chi connectivity index (χ4v) is 10.6. The highest BCUT2D eigenvalue weighted by Gasteiger charge is 2.24. The molecule has 0 radical (unpaired) electrons. The van der Waals surface area contributed by atoms with Crippen LogP contribution in [-0.2, 0) is 6.42 Å². The summed E-state index contributed by atoms with van der Waals surface area (Å²) < 4.78 is 9.62. The molecule has 0 atom stereocenters. The third-order valence-electron chi connectivity index (χ3n) is 13.4. The van der Waals surface area contributed by atoms with Crippen molar-refractivity contribution in [3.8, 4) is 23.0 Å². The van der Waals surface area contributed by atoms with Crippen LogP contribution in [0.4, 0.5) is 0 Å². The van der Waals surface area contributed by atoms with Crippen LogP contribution >= 0.6 is 0 Å². The number of benzene rings is 8. The number of para-hydroxylation sites is 4. The van der Waals surface area contributed by atoms with Gasteiger partial charge >= 0.3 is 0 Å². The molecule has 0 spiro atoms. The summed E-state index contributed by atoms with van der Waals surface area (Å²) in [6, 6.07) is 68.7. The molecule has 5 heterocycles. The monoisotopic (exact) mass is 845 g/mol.